The van der Waals surface area contributed by atoms with Crippen LogP contribution in [0.4, 0.5) is 8.78 Å². The number of benzene rings is 2. The van der Waals surface area contributed by atoms with Crippen LogP contribution in [-0.2, 0) is 13.6 Å². The predicted octanol–water partition coefficient (Wildman–Crippen LogP) is 5.37. The third-order valence-corrected chi connectivity index (χ3v) is 8.62. The van der Waals surface area contributed by atoms with Crippen molar-refractivity contribution in [3.63, 3.8) is 0 Å². The van der Waals surface area contributed by atoms with Crippen LogP contribution in [0.5, 0.6) is 0 Å². The molecule has 2 N–H and O–H groups in total. The molecule has 0 spiro atoms. The molecule has 7 nitrogen and oxygen atoms in total. The number of aryl methyl sites for hydroxylation is 1. The standard InChI is InChI=1S/C30H28F2N4O3S/c1-35-14-20-18(6-5-8-25(20)34-35)17-12-23(31)21(24(32)13-17)15-36-16-22(28-19(30(36)39)10-11-40-28)29(38)33-26-7-3-2-4-9-27(26)37/h5-6,8,10-14,16,26-27,37H,2-4,7,9,15H2,1H3,(H,33,38)/t26-,27-/m0/s1. The van der Waals surface area contributed by atoms with Crippen LogP contribution in [0.3, 0.4) is 0 Å². The fourth-order valence-corrected chi connectivity index (χ4v) is 6.48. The molecular formula is C30H28F2N4O3S. The molecule has 2 atom stereocenters. The summed E-state index contributed by atoms with van der Waals surface area (Å²) >= 11 is 1.26. The average molecular weight is 563 g/mol. The topological polar surface area (TPSA) is 89.1 Å². The zero-order chi connectivity index (χ0) is 28.0. The normalized spacial score (nSPS) is 17.8. The minimum absolute atomic E-state index is 0.238. The third kappa shape index (κ3) is 4.82. The number of pyridine rings is 1. The molecule has 0 unspecified atom stereocenters. The van der Waals surface area contributed by atoms with Gasteiger partial charge in [0.2, 0.25) is 0 Å². The molecule has 10 heteroatoms. The fourth-order valence-electron chi connectivity index (χ4n) is 5.59. The van der Waals surface area contributed by atoms with Crippen LogP contribution >= 0.6 is 11.3 Å². The van der Waals surface area contributed by atoms with E-state index in [1.54, 1.807) is 41.5 Å². The molecule has 0 saturated heterocycles. The van der Waals surface area contributed by atoms with Gasteiger partial charge in [-0.05, 0) is 53.6 Å². The number of thiophene rings is 1. The second-order valence-corrected chi connectivity index (χ2v) is 11.3. The van der Waals surface area contributed by atoms with E-state index in [9.17, 15) is 14.7 Å². The van der Waals surface area contributed by atoms with E-state index in [1.165, 1.54) is 34.2 Å². The number of aromatic nitrogens is 3. The summed E-state index contributed by atoms with van der Waals surface area (Å²) in [6.07, 6.45) is 6.60. The summed E-state index contributed by atoms with van der Waals surface area (Å²) in [4.78, 5) is 26.6. The van der Waals surface area contributed by atoms with Crippen LogP contribution in [0.1, 0.15) is 48.0 Å². The number of hydrogen-bond donors (Lipinski definition) is 2. The van der Waals surface area contributed by atoms with Crippen LogP contribution in [0.25, 0.3) is 32.1 Å². The summed E-state index contributed by atoms with van der Waals surface area (Å²) in [6.45, 7) is -0.383. The molecule has 0 aliphatic heterocycles. The predicted molar refractivity (Wildman–Crippen MR) is 152 cm³/mol. The first-order valence-electron chi connectivity index (χ1n) is 13.3. The molecular weight excluding hydrogens is 534 g/mol. The monoisotopic (exact) mass is 562 g/mol. The molecule has 6 rings (SSSR count). The van der Waals surface area contributed by atoms with Gasteiger partial charge in [0.05, 0.1) is 39.9 Å². The van der Waals surface area contributed by atoms with Crippen molar-refractivity contribution >= 4 is 38.2 Å². The Bertz CT molecular complexity index is 1790. The van der Waals surface area contributed by atoms with Crippen LogP contribution in [0.15, 0.2) is 59.0 Å². The third-order valence-electron chi connectivity index (χ3n) is 7.67. The van der Waals surface area contributed by atoms with Gasteiger partial charge in [-0.3, -0.25) is 14.3 Å². The van der Waals surface area contributed by atoms with Gasteiger partial charge < -0.3 is 15.0 Å². The Morgan fingerprint density at radius 1 is 1.10 bits per heavy atom. The lowest BCUT2D eigenvalue weighted by Gasteiger charge is -2.22. The van der Waals surface area contributed by atoms with Crippen molar-refractivity contribution in [1.82, 2.24) is 19.7 Å². The zero-order valence-corrected chi connectivity index (χ0v) is 22.7. The Hall–Kier alpha value is -3.89. The van der Waals surface area contributed by atoms with E-state index in [2.05, 4.69) is 10.4 Å². The van der Waals surface area contributed by atoms with Crippen LogP contribution in [0, 0.1) is 11.6 Å². The minimum Gasteiger partial charge on any atom is -0.391 e. The first-order chi connectivity index (χ1) is 19.3. The SMILES string of the molecule is Cn1cc2c(-c3cc(F)c(Cn4cc(C(=O)N[C@H]5CCCCC[C@@H]5O)c5sccc5c4=O)c(F)c3)cccc2n1. The first kappa shape index (κ1) is 26.3. The number of amides is 1. The molecule has 1 aliphatic carbocycles. The van der Waals surface area contributed by atoms with Gasteiger partial charge in [-0.2, -0.15) is 5.10 Å². The van der Waals surface area contributed by atoms with Gasteiger partial charge in [-0.15, -0.1) is 11.3 Å². The van der Waals surface area contributed by atoms with E-state index < -0.39 is 35.2 Å². The maximum absolute atomic E-state index is 15.4. The quantitative estimate of drug-likeness (QED) is 0.282. The zero-order valence-electron chi connectivity index (χ0n) is 21.9. The average Bonchev–Trinajstić information content (AvgIpc) is 3.51. The van der Waals surface area contributed by atoms with Crippen molar-refractivity contribution in [2.24, 2.45) is 7.05 Å². The number of halogens is 2. The van der Waals surface area contributed by atoms with Crippen LogP contribution in [-0.4, -0.2) is 37.5 Å². The molecule has 0 radical (unpaired) electrons. The molecule has 1 aliphatic rings. The van der Waals surface area contributed by atoms with Crippen molar-refractivity contribution in [2.75, 3.05) is 0 Å². The summed E-state index contributed by atoms with van der Waals surface area (Å²) in [5, 5.41) is 20.6. The Kier molecular flexibility index (Phi) is 6.97. The number of nitrogens with one attached hydrogen (secondary N) is 1. The Labute approximate surface area is 232 Å². The molecule has 3 heterocycles. The molecule has 206 valence electrons. The lowest BCUT2D eigenvalue weighted by Crippen LogP contribution is -2.43. The highest BCUT2D eigenvalue weighted by Crippen LogP contribution is 2.31. The second-order valence-electron chi connectivity index (χ2n) is 10.4. The maximum atomic E-state index is 15.4. The van der Waals surface area contributed by atoms with Crippen molar-refractivity contribution in [1.29, 1.82) is 0 Å². The van der Waals surface area contributed by atoms with E-state index in [0.29, 0.717) is 39.6 Å². The molecule has 1 amide bonds. The van der Waals surface area contributed by atoms with E-state index in [0.717, 1.165) is 24.6 Å². The summed E-state index contributed by atoms with van der Waals surface area (Å²) in [5.41, 5.74) is 1.24. The van der Waals surface area contributed by atoms with Gasteiger partial charge in [0.15, 0.2) is 0 Å². The molecule has 3 aromatic heterocycles. The summed E-state index contributed by atoms with van der Waals surface area (Å²) in [6, 6.07) is 9.13. The van der Waals surface area contributed by atoms with Gasteiger partial charge in [0, 0.05) is 30.4 Å². The van der Waals surface area contributed by atoms with Crippen LogP contribution in [0.2, 0.25) is 0 Å². The highest BCUT2D eigenvalue weighted by Gasteiger charge is 2.26. The largest absolute Gasteiger partial charge is 0.391 e. The highest BCUT2D eigenvalue weighted by molar-refractivity contribution is 7.17. The smallest absolute Gasteiger partial charge is 0.259 e. The van der Waals surface area contributed by atoms with Gasteiger partial charge in [-0.1, -0.05) is 31.4 Å². The van der Waals surface area contributed by atoms with E-state index in [-0.39, 0.29) is 17.7 Å². The number of hydrogen-bond acceptors (Lipinski definition) is 5. The summed E-state index contributed by atoms with van der Waals surface area (Å²) in [7, 11) is 1.78. The summed E-state index contributed by atoms with van der Waals surface area (Å²) in [5.74, 6) is -2.01. The lowest BCUT2D eigenvalue weighted by molar-refractivity contribution is 0.0819. The highest BCUT2D eigenvalue weighted by atomic mass is 32.1. The fraction of sp³-hybridized carbons (Fsp3) is 0.300. The maximum Gasteiger partial charge on any atom is 0.259 e. The molecule has 2 aromatic carbocycles. The Morgan fingerprint density at radius 2 is 1.88 bits per heavy atom. The Balaban J connectivity index is 1.35. The number of rotatable bonds is 5. The second kappa shape index (κ2) is 10.6. The lowest BCUT2D eigenvalue weighted by atomic mass is 9.99. The Morgan fingerprint density at radius 3 is 2.67 bits per heavy atom. The summed E-state index contributed by atoms with van der Waals surface area (Å²) < 4.78 is 34.2. The number of aliphatic hydroxyl groups is 1. The molecule has 0 bridgehead atoms. The van der Waals surface area contributed by atoms with E-state index >= 15 is 8.78 Å². The van der Waals surface area contributed by atoms with Crippen molar-refractivity contribution in [3.05, 3.63) is 87.3 Å². The molecule has 5 aromatic rings. The van der Waals surface area contributed by atoms with Gasteiger partial charge >= 0.3 is 0 Å². The molecule has 40 heavy (non-hydrogen) atoms. The van der Waals surface area contributed by atoms with Gasteiger partial charge in [0.1, 0.15) is 11.6 Å². The van der Waals surface area contributed by atoms with Crippen LogP contribution < -0.4 is 10.9 Å². The number of carbonyl (C=O) groups is 1. The number of carbonyl (C=O) groups excluding carboxylic acids is 1. The minimum atomic E-state index is -0.791. The van der Waals surface area contributed by atoms with Gasteiger partial charge in [-0.25, -0.2) is 8.78 Å². The molecule has 1 fully saturated rings. The number of fused-ring (bicyclic) bond motifs is 2. The number of nitrogens with zero attached hydrogens (tertiary/aromatic N) is 3. The van der Waals surface area contributed by atoms with Gasteiger partial charge in [0.25, 0.3) is 11.5 Å². The number of aliphatic hydroxyl groups excluding tert-OH is 1. The van der Waals surface area contributed by atoms with E-state index in [4.69, 9.17) is 0 Å². The van der Waals surface area contributed by atoms with Crippen molar-refractivity contribution in [3.8, 4) is 11.1 Å². The van der Waals surface area contributed by atoms with Crippen molar-refractivity contribution < 1.29 is 18.7 Å². The van der Waals surface area contributed by atoms with Crippen molar-refractivity contribution in [2.45, 2.75) is 50.8 Å². The molecule has 1 saturated carbocycles. The van der Waals surface area contributed by atoms with E-state index in [1.807, 2.05) is 6.07 Å². The first-order valence-corrected chi connectivity index (χ1v) is 14.2.